The Morgan fingerprint density at radius 3 is 2.50 bits per heavy atom. The summed E-state index contributed by atoms with van der Waals surface area (Å²) in [7, 11) is -3.60. The summed E-state index contributed by atoms with van der Waals surface area (Å²) in [5.41, 5.74) is 0. The molecule has 0 radical (unpaired) electrons. The maximum atomic E-state index is 13.4. The summed E-state index contributed by atoms with van der Waals surface area (Å²) in [4.78, 5) is 15.2. The van der Waals surface area contributed by atoms with Gasteiger partial charge in [0.2, 0.25) is 10.0 Å². The number of rotatable bonds is 3. The van der Waals surface area contributed by atoms with E-state index in [4.69, 9.17) is 0 Å². The van der Waals surface area contributed by atoms with E-state index in [0.717, 1.165) is 4.70 Å². The number of sulfonamides is 1. The number of carbonyl (C=O) groups excluding carboxylic acids is 1. The van der Waals surface area contributed by atoms with Crippen LogP contribution in [0.1, 0.15) is 9.67 Å². The number of nitrogens with zero attached hydrogens (tertiary/aromatic N) is 2. The second-order valence-corrected chi connectivity index (χ2v) is 10.4. The first-order valence-corrected chi connectivity index (χ1v) is 11.6. The van der Waals surface area contributed by atoms with Crippen LogP contribution in [0.3, 0.4) is 0 Å². The van der Waals surface area contributed by atoms with E-state index in [2.05, 4.69) is 15.9 Å². The zero-order valence-corrected chi connectivity index (χ0v) is 17.9. The van der Waals surface area contributed by atoms with Crippen molar-refractivity contribution in [3.63, 3.8) is 0 Å². The second kappa shape index (κ2) is 7.55. The van der Waals surface area contributed by atoms with Gasteiger partial charge in [-0.2, -0.15) is 4.31 Å². The number of amides is 1. The zero-order chi connectivity index (χ0) is 19.9. The van der Waals surface area contributed by atoms with Crippen molar-refractivity contribution in [3.05, 3.63) is 63.7 Å². The monoisotopic (exact) mass is 482 g/mol. The summed E-state index contributed by atoms with van der Waals surface area (Å²) >= 11 is 4.61. The van der Waals surface area contributed by atoms with Crippen molar-refractivity contribution in [2.24, 2.45) is 0 Å². The molecule has 1 saturated heterocycles. The van der Waals surface area contributed by atoms with Crippen LogP contribution in [0.5, 0.6) is 0 Å². The van der Waals surface area contributed by atoms with Gasteiger partial charge in [-0.05, 0) is 47.9 Å². The molecule has 3 aromatic rings. The number of halogens is 2. The third-order valence-electron chi connectivity index (χ3n) is 4.65. The molecule has 2 heterocycles. The van der Waals surface area contributed by atoms with E-state index in [0.29, 0.717) is 27.8 Å². The molecule has 146 valence electrons. The highest BCUT2D eigenvalue weighted by Gasteiger charge is 2.31. The lowest BCUT2D eigenvalue weighted by atomic mass is 10.2. The molecule has 28 heavy (non-hydrogen) atoms. The number of hydrogen-bond acceptors (Lipinski definition) is 4. The predicted octanol–water partition coefficient (Wildman–Crippen LogP) is 3.95. The highest BCUT2D eigenvalue weighted by molar-refractivity contribution is 9.10. The molecule has 1 aliphatic heterocycles. The number of piperazine rings is 1. The average Bonchev–Trinajstić information content (AvgIpc) is 3.10. The maximum Gasteiger partial charge on any atom is 0.264 e. The van der Waals surface area contributed by atoms with Gasteiger partial charge in [0.15, 0.2) is 0 Å². The lowest BCUT2D eigenvalue weighted by Gasteiger charge is -2.33. The highest BCUT2D eigenvalue weighted by atomic mass is 79.9. The van der Waals surface area contributed by atoms with E-state index in [1.54, 1.807) is 41.3 Å². The van der Waals surface area contributed by atoms with Gasteiger partial charge in [-0.15, -0.1) is 11.3 Å². The third-order valence-corrected chi connectivity index (χ3v) is 8.14. The van der Waals surface area contributed by atoms with Crippen molar-refractivity contribution >= 4 is 53.3 Å². The van der Waals surface area contributed by atoms with Crippen LogP contribution < -0.4 is 0 Å². The first-order chi connectivity index (χ1) is 13.3. The van der Waals surface area contributed by atoms with Crippen molar-refractivity contribution in [3.8, 4) is 0 Å². The first kappa shape index (κ1) is 19.5. The van der Waals surface area contributed by atoms with Crippen molar-refractivity contribution < 1.29 is 17.6 Å². The van der Waals surface area contributed by atoms with Crippen LogP contribution in [0.2, 0.25) is 0 Å². The summed E-state index contributed by atoms with van der Waals surface area (Å²) in [6.07, 6.45) is 0. The Morgan fingerprint density at radius 2 is 1.79 bits per heavy atom. The fourth-order valence-electron chi connectivity index (χ4n) is 3.18. The van der Waals surface area contributed by atoms with E-state index in [9.17, 15) is 17.6 Å². The molecule has 0 saturated carbocycles. The molecule has 1 amide bonds. The molecular weight excluding hydrogens is 467 g/mol. The molecule has 1 aromatic heterocycles. The molecule has 0 N–H and O–H groups in total. The van der Waals surface area contributed by atoms with Crippen LogP contribution in [0.15, 0.2) is 57.9 Å². The van der Waals surface area contributed by atoms with E-state index < -0.39 is 10.0 Å². The molecule has 0 unspecified atom stereocenters. The Hall–Kier alpha value is -1.81. The van der Waals surface area contributed by atoms with Crippen LogP contribution in [0, 0.1) is 5.82 Å². The summed E-state index contributed by atoms with van der Waals surface area (Å²) in [5.74, 6) is -0.489. The number of hydrogen-bond donors (Lipinski definition) is 0. The number of fused-ring (bicyclic) bond motifs is 1. The minimum absolute atomic E-state index is 0.152. The largest absolute Gasteiger partial charge is 0.335 e. The van der Waals surface area contributed by atoms with Crippen LogP contribution in [-0.4, -0.2) is 49.7 Å². The van der Waals surface area contributed by atoms with Gasteiger partial charge in [0, 0.05) is 35.4 Å². The minimum Gasteiger partial charge on any atom is -0.335 e. The molecule has 0 spiro atoms. The van der Waals surface area contributed by atoms with Crippen molar-refractivity contribution in [2.75, 3.05) is 26.2 Å². The standard InChI is InChI=1S/C19H16BrFN2O3S2/c20-14-2-1-3-16(12-14)28(25,26)23-8-6-22(7-9-23)19(24)18-11-13-10-15(21)4-5-17(13)27-18/h1-5,10-12H,6-9H2. The fourth-order valence-corrected chi connectivity index (χ4v) is 6.21. The summed E-state index contributed by atoms with van der Waals surface area (Å²) in [6, 6.07) is 12.7. The Balaban J connectivity index is 1.48. The zero-order valence-electron chi connectivity index (χ0n) is 14.6. The highest BCUT2D eigenvalue weighted by Crippen LogP contribution is 2.28. The molecule has 0 aliphatic carbocycles. The molecular formula is C19H16BrFN2O3S2. The summed E-state index contributed by atoms with van der Waals surface area (Å²) in [6.45, 7) is 1.10. The minimum atomic E-state index is -3.60. The number of benzene rings is 2. The van der Waals surface area contributed by atoms with E-state index >= 15 is 0 Å². The molecule has 1 fully saturated rings. The Morgan fingerprint density at radius 1 is 1.04 bits per heavy atom. The Labute approximate surface area is 174 Å². The third kappa shape index (κ3) is 3.71. The smallest absolute Gasteiger partial charge is 0.264 e. The van der Waals surface area contributed by atoms with Gasteiger partial charge in [0.1, 0.15) is 5.82 Å². The van der Waals surface area contributed by atoms with Crippen LogP contribution in [0.25, 0.3) is 10.1 Å². The van der Waals surface area contributed by atoms with Crippen molar-refractivity contribution in [1.82, 2.24) is 9.21 Å². The lowest BCUT2D eigenvalue weighted by molar-refractivity contribution is 0.0703. The Bertz CT molecular complexity index is 1150. The van der Waals surface area contributed by atoms with Crippen LogP contribution >= 0.6 is 27.3 Å². The van der Waals surface area contributed by atoms with E-state index in [1.807, 2.05) is 0 Å². The second-order valence-electron chi connectivity index (χ2n) is 6.45. The topological polar surface area (TPSA) is 57.7 Å². The maximum absolute atomic E-state index is 13.4. The molecule has 4 rings (SSSR count). The number of carbonyl (C=O) groups is 1. The SMILES string of the molecule is O=C(c1cc2cc(F)ccc2s1)N1CCN(S(=O)(=O)c2cccc(Br)c2)CC1. The van der Waals surface area contributed by atoms with Gasteiger partial charge in [-0.1, -0.05) is 22.0 Å². The van der Waals surface area contributed by atoms with Gasteiger partial charge in [-0.3, -0.25) is 4.79 Å². The van der Waals surface area contributed by atoms with Crippen molar-refractivity contribution in [2.45, 2.75) is 4.90 Å². The van der Waals surface area contributed by atoms with E-state index in [-0.39, 0.29) is 29.7 Å². The summed E-state index contributed by atoms with van der Waals surface area (Å²) < 4.78 is 41.9. The molecule has 0 atom stereocenters. The molecule has 9 heteroatoms. The van der Waals surface area contributed by atoms with E-state index in [1.165, 1.54) is 27.8 Å². The van der Waals surface area contributed by atoms with Gasteiger partial charge in [0.05, 0.1) is 9.77 Å². The van der Waals surface area contributed by atoms with Gasteiger partial charge in [-0.25, -0.2) is 12.8 Å². The average molecular weight is 483 g/mol. The predicted molar refractivity (Wildman–Crippen MR) is 111 cm³/mol. The quantitative estimate of drug-likeness (QED) is 0.567. The molecule has 0 bridgehead atoms. The van der Waals surface area contributed by atoms with Crippen LogP contribution in [0.4, 0.5) is 4.39 Å². The number of thiophene rings is 1. The van der Waals surface area contributed by atoms with Gasteiger partial charge < -0.3 is 4.90 Å². The van der Waals surface area contributed by atoms with Crippen LogP contribution in [-0.2, 0) is 10.0 Å². The molecule has 2 aromatic carbocycles. The Kier molecular flexibility index (Phi) is 5.26. The van der Waals surface area contributed by atoms with Gasteiger partial charge >= 0.3 is 0 Å². The van der Waals surface area contributed by atoms with Crippen molar-refractivity contribution in [1.29, 1.82) is 0 Å². The first-order valence-electron chi connectivity index (χ1n) is 8.59. The molecule has 5 nitrogen and oxygen atoms in total. The summed E-state index contributed by atoms with van der Waals surface area (Å²) in [5, 5.41) is 0.698. The van der Waals surface area contributed by atoms with Gasteiger partial charge in [0.25, 0.3) is 5.91 Å². The molecule has 1 aliphatic rings. The normalized spacial score (nSPS) is 15.9. The lowest BCUT2D eigenvalue weighted by Crippen LogP contribution is -2.50. The fraction of sp³-hybridized carbons (Fsp3) is 0.211.